The molecular weight excluding hydrogens is 534 g/mol. The number of thioether (sulfide) groups is 1. The van der Waals surface area contributed by atoms with Gasteiger partial charge in [-0.2, -0.15) is 10.1 Å². The Labute approximate surface area is 215 Å². The number of rotatable bonds is 4. The number of aliphatic imine (C=N–C) groups is 1. The molecule has 5 nitrogen and oxygen atoms in total. The number of ether oxygens (including phenoxy) is 1. The summed E-state index contributed by atoms with van der Waals surface area (Å²) in [6.45, 7) is 0. The largest absolute Gasteiger partial charge is 0.497 e. The topological polar surface area (TPSA) is 54.3 Å². The van der Waals surface area contributed by atoms with E-state index in [9.17, 15) is 4.79 Å². The van der Waals surface area contributed by atoms with Gasteiger partial charge in [0.25, 0.3) is 5.91 Å². The minimum absolute atomic E-state index is 0.0877. The molecule has 0 fully saturated rings. The highest BCUT2D eigenvalue weighted by molar-refractivity contribution is 9.10. The van der Waals surface area contributed by atoms with E-state index < -0.39 is 0 Å². The van der Waals surface area contributed by atoms with Crippen molar-refractivity contribution < 1.29 is 9.53 Å². The third-order valence-electron chi connectivity index (χ3n) is 5.56. The van der Waals surface area contributed by atoms with Gasteiger partial charge in [-0.05, 0) is 70.9 Å². The summed E-state index contributed by atoms with van der Waals surface area (Å²) >= 11 is 10.9. The number of benzene rings is 3. The lowest BCUT2D eigenvalue weighted by atomic mass is 9.99. The molecule has 0 spiro atoms. The fourth-order valence-electron chi connectivity index (χ4n) is 3.80. The number of nitrogens with zero attached hydrogens (tertiary/aromatic N) is 3. The van der Waals surface area contributed by atoms with Crippen LogP contribution in [0.5, 0.6) is 5.75 Å². The Morgan fingerprint density at radius 3 is 2.44 bits per heavy atom. The van der Waals surface area contributed by atoms with Gasteiger partial charge in [0, 0.05) is 15.9 Å². The zero-order chi connectivity index (χ0) is 23.7. The number of amidine groups is 1. The van der Waals surface area contributed by atoms with Crippen molar-refractivity contribution in [2.75, 3.05) is 7.11 Å². The normalized spacial score (nSPS) is 18.9. The summed E-state index contributed by atoms with van der Waals surface area (Å²) in [5.74, 6) is 0.500. The van der Waals surface area contributed by atoms with E-state index in [-0.39, 0.29) is 11.9 Å². The van der Waals surface area contributed by atoms with Crippen molar-refractivity contribution in [2.24, 2.45) is 10.1 Å². The molecule has 170 valence electrons. The van der Waals surface area contributed by atoms with Gasteiger partial charge in [-0.1, -0.05) is 63.9 Å². The number of amides is 1. The van der Waals surface area contributed by atoms with Gasteiger partial charge in [-0.15, -0.1) is 0 Å². The molecule has 0 aromatic heterocycles. The van der Waals surface area contributed by atoms with Crippen LogP contribution in [0.4, 0.5) is 0 Å². The number of hydrogen-bond acceptors (Lipinski definition) is 5. The second kappa shape index (κ2) is 9.78. The van der Waals surface area contributed by atoms with Crippen LogP contribution in [0.2, 0.25) is 5.02 Å². The third-order valence-corrected chi connectivity index (χ3v) is 7.32. The van der Waals surface area contributed by atoms with E-state index in [1.165, 1.54) is 11.8 Å². The number of hydrazone groups is 1. The summed E-state index contributed by atoms with van der Waals surface area (Å²) < 4.78 is 6.22. The predicted molar refractivity (Wildman–Crippen MR) is 142 cm³/mol. The van der Waals surface area contributed by atoms with Gasteiger partial charge in [-0.3, -0.25) is 4.79 Å². The number of carbonyl (C=O) groups excluding carboxylic acids is 1. The fraction of sp³-hybridized carbons (Fsp3) is 0.115. The number of methoxy groups -OCH3 is 1. The minimum atomic E-state index is -0.266. The molecule has 2 heterocycles. The van der Waals surface area contributed by atoms with Gasteiger partial charge in [0.05, 0.1) is 23.8 Å². The first kappa shape index (κ1) is 22.9. The van der Waals surface area contributed by atoms with Crippen molar-refractivity contribution in [3.8, 4) is 5.75 Å². The van der Waals surface area contributed by atoms with E-state index in [0.717, 1.165) is 32.6 Å². The van der Waals surface area contributed by atoms with Crippen molar-refractivity contribution in [1.82, 2.24) is 5.01 Å². The van der Waals surface area contributed by atoms with Crippen LogP contribution in [0.25, 0.3) is 6.08 Å². The van der Waals surface area contributed by atoms with Crippen LogP contribution < -0.4 is 4.74 Å². The highest BCUT2D eigenvalue weighted by atomic mass is 79.9. The van der Waals surface area contributed by atoms with Gasteiger partial charge < -0.3 is 4.74 Å². The molecule has 0 radical (unpaired) electrons. The second-order valence-corrected chi connectivity index (χ2v) is 10.1. The quantitative estimate of drug-likeness (QED) is 0.329. The van der Waals surface area contributed by atoms with Crippen molar-refractivity contribution in [2.45, 2.75) is 12.5 Å². The zero-order valence-corrected chi connectivity index (χ0v) is 21.3. The van der Waals surface area contributed by atoms with E-state index in [4.69, 9.17) is 21.4 Å². The monoisotopic (exact) mass is 551 g/mol. The standard InChI is InChI=1S/C26H19BrClN3O2S/c1-33-21-12-2-16(3-13-21)14-24-25(32)29-26(34-24)31-23(18-6-10-20(28)11-7-18)15-22(30-31)17-4-8-19(27)9-5-17/h2-14,23H,15H2,1H3/b24-14+. The first-order valence-corrected chi connectivity index (χ1v) is 12.5. The molecule has 3 aromatic rings. The molecule has 0 aliphatic carbocycles. The summed E-state index contributed by atoms with van der Waals surface area (Å²) in [6, 6.07) is 23.3. The Hall–Kier alpha value is -2.87. The van der Waals surface area contributed by atoms with Crippen LogP contribution in [0, 0.1) is 0 Å². The number of carbonyl (C=O) groups is 1. The van der Waals surface area contributed by atoms with Crippen LogP contribution in [-0.4, -0.2) is 28.9 Å². The van der Waals surface area contributed by atoms with Crippen LogP contribution in [0.1, 0.15) is 29.2 Å². The van der Waals surface area contributed by atoms with Crippen LogP contribution in [0.3, 0.4) is 0 Å². The molecule has 1 amide bonds. The number of hydrogen-bond donors (Lipinski definition) is 0. The first-order chi connectivity index (χ1) is 16.5. The maximum atomic E-state index is 12.7. The average molecular weight is 553 g/mol. The molecule has 1 atom stereocenters. The fourth-order valence-corrected chi connectivity index (χ4v) is 5.10. The Balaban J connectivity index is 1.46. The molecule has 5 rings (SSSR count). The molecule has 0 N–H and O–H groups in total. The lowest BCUT2D eigenvalue weighted by molar-refractivity contribution is -0.113. The smallest absolute Gasteiger partial charge is 0.286 e. The van der Waals surface area contributed by atoms with Crippen LogP contribution in [-0.2, 0) is 4.79 Å². The summed E-state index contributed by atoms with van der Waals surface area (Å²) in [5.41, 5.74) is 3.94. The maximum Gasteiger partial charge on any atom is 0.286 e. The van der Waals surface area contributed by atoms with Crippen molar-refractivity contribution in [1.29, 1.82) is 0 Å². The lowest BCUT2D eigenvalue weighted by Gasteiger charge is -2.22. The van der Waals surface area contributed by atoms with E-state index >= 15 is 0 Å². The van der Waals surface area contributed by atoms with Crippen molar-refractivity contribution in [3.05, 3.63) is 104 Å². The van der Waals surface area contributed by atoms with E-state index in [1.54, 1.807) is 7.11 Å². The van der Waals surface area contributed by atoms with Crippen LogP contribution >= 0.6 is 39.3 Å². The van der Waals surface area contributed by atoms with Gasteiger partial charge in [-0.25, -0.2) is 5.01 Å². The lowest BCUT2D eigenvalue weighted by Crippen LogP contribution is -2.23. The van der Waals surface area contributed by atoms with Crippen LogP contribution in [0.15, 0.2) is 92.3 Å². The highest BCUT2D eigenvalue weighted by Gasteiger charge is 2.36. The van der Waals surface area contributed by atoms with Gasteiger partial charge in [0.15, 0.2) is 5.17 Å². The van der Waals surface area contributed by atoms with E-state index in [2.05, 4.69) is 20.9 Å². The molecule has 3 aromatic carbocycles. The summed E-state index contributed by atoms with van der Waals surface area (Å²) in [5, 5.41) is 8.00. The predicted octanol–water partition coefficient (Wildman–Crippen LogP) is 6.93. The molecule has 34 heavy (non-hydrogen) atoms. The van der Waals surface area contributed by atoms with Crippen molar-refractivity contribution >= 4 is 62.2 Å². The molecule has 2 aliphatic heterocycles. The van der Waals surface area contributed by atoms with Gasteiger partial charge in [0.1, 0.15) is 5.75 Å². The molecule has 8 heteroatoms. The number of halogens is 2. The van der Waals surface area contributed by atoms with Gasteiger partial charge in [0.2, 0.25) is 0 Å². The summed E-state index contributed by atoms with van der Waals surface area (Å²) in [6.07, 6.45) is 2.53. The Morgan fingerprint density at radius 1 is 1.06 bits per heavy atom. The molecule has 2 aliphatic rings. The average Bonchev–Trinajstić information content (AvgIpc) is 3.45. The summed E-state index contributed by atoms with van der Waals surface area (Å²) in [7, 11) is 1.63. The van der Waals surface area contributed by atoms with Gasteiger partial charge >= 0.3 is 0 Å². The molecule has 0 bridgehead atoms. The Morgan fingerprint density at radius 2 is 1.76 bits per heavy atom. The molecule has 0 saturated carbocycles. The van der Waals surface area contributed by atoms with E-state index in [1.807, 2.05) is 83.9 Å². The zero-order valence-electron chi connectivity index (χ0n) is 18.1. The minimum Gasteiger partial charge on any atom is -0.497 e. The van der Waals surface area contributed by atoms with Crippen molar-refractivity contribution in [3.63, 3.8) is 0 Å². The molecular formula is C26H19BrClN3O2S. The second-order valence-electron chi connectivity index (χ2n) is 7.75. The maximum absolute atomic E-state index is 12.7. The van der Waals surface area contributed by atoms with E-state index in [0.29, 0.717) is 21.5 Å². The third kappa shape index (κ3) is 4.82. The molecule has 1 unspecified atom stereocenters. The Kier molecular flexibility index (Phi) is 6.59. The molecule has 0 saturated heterocycles. The highest BCUT2D eigenvalue weighted by Crippen LogP contribution is 2.40. The Bertz CT molecular complexity index is 1320. The SMILES string of the molecule is COc1ccc(/C=C2/SC(N3N=C(c4ccc(Br)cc4)CC3c3ccc(Cl)cc3)=NC2=O)cc1. The summed E-state index contributed by atoms with van der Waals surface area (Å²) in [4.78, 5) is 17.7. The first-order valence-electron chi connectivity index (χ1n) is 10.5.